The van der Waals surface area contributed by atoms with Gasteiger partial charge in [-0.25, -0.2) is 4.98 Å². The third-order valence-electron chi connectivity index (χ3n) is 2.58. The zero-order chi connectivity index (χ0) is 13.0. The fourth-order valence-electron chi connectivity index (χ4n) is 1.77. The van der Waals surface area contributed by atoms with Gasteiger partial charge >= 0.3 is 0 Å². The van der Waals surface area contributed by atoms with Crippen LogP contribution in [0.4, 0.5) is 5.82 Å². The monoisotopic (exact) mass is 307 g/mol. The van der Waals surface area contributed by atoms with Crippen molar-refractivity contribution in [1.29, 1.82) is 0 Å². The average molecular weight is 308 g/mol. The van der Waals surface area contributed by atoms with Crippen LogP contribution in [0.25, 0.3) is 0 Å². The first-order valence-corrected chi connectivity index (χ1v) is 6.35. The Bertz CT molecular complexity index is 519. The molecule has 94 valence electrons. The number of nitrogens with zero attached hydrogens (tertiary/aromatic N) is 3. The highest BCUT2D eigenvalue weighted by Crippen LogP contribution is 2.21. The van der Waals surface area contributed by atoms with Crippen LogP contribution in [-0.4, -0.2) is 22.1 Å². The third kappa shape index (κ3) is 3.05. The van der Waals surface area contributed by atoms with E-state index in [4.69, 9.17) is 0 Å². The summed E-state index contributed by atoms with van der Waals surface area (Å²) in [5.41, 5.74) is 1.91. The highest BCUT2D eigenvalue weighted by atomic mass is 79.9. The maximum absolute atomic E-state index is 9.36. The summed E-state index contributed by atoms with van der Waals surface area (Å²) in [5.74, 6) is 0.782. The average Bonchev–Trinajstić information content (AvgIpc) is 2.39. The zero-order valence-electron chi connectivity index (χ0n) is 10.0. The first-order chi connectivity index (χ1) is 8.70. The van der Waals surface area contributed by atoms with Gasteiger partial charge in [0.05, 0.1) is 6.61 Å². The quantitative estimate of drug-likeness (QED) is 0.942. The van der Waals surface area contributed by atoms with Crippen molar-refractivity contribution in [2.24, 2.45) is 0 Å². The Hall–Kier alpha value is -1.46. The number of halogens is 1. The summed E-state index contributed by atoms with van der Waals surface area (Å²) in [7, 11) is 1.95. The third-order valence-corrected chi connectivity index (χ3v) is 3.02. The number of anilines is 1. The zero-order valence-corrected chi connectivity index (χ0v) is 11.6. The minimum absolute atomic E-state index is 0.0286. The van der Waals surface area contributed by atoms with E-state index in [1.54, 1.807) is 12.4 Å². The van der Waals surface area contributed by atoms with Crippen molar-refractivity contribution in [3.63, 3.8) is 0 Å². The van der Waals surface area contributed by atoms with E-state index in [1.807, 2.05) is 36.3 Å². The second-order valence-corrected chi connectivity index (χ2v) is 4.93. The molecule has 2 rings (SSSR count). The summed E-state index contributed by atoms with van der Waals surface area (Å²) >= 11 is 3.35. The van der Waals surface area contributed by atoms with E-state index in [-0.39, 0.29) is 6.61 Å². The number of aliphatic hydroxyl groups is 1. The number of hydrogen-bond donors (Lipinski definition) is 1. The van der Waals surface area contributed by atoms with E-state index in [9.17, 15) is 5.11 Å². The molecule has 0 amide bonds. The molecule has 0 aromatic carbocycles. The Morgan fingerprint density at radius 2 is 2.22 bits per heavy atom. The van der Waals surface area contributed by atoms with Gasteiger partial charge in [0.25, 0.3) is 0 Å². The Labute approximate surface area is 114 Å². The van der Waals surface area contributed by atoms with Gasteiger partial charge in [-0.3, -0.25) is 4.98 Å². The lowest BCUT2D eigenvalue weighted by Crippen LogP contribution is -2.19. The standard InChI is InChI=1S/C13H14BrN3O/c1-17(8-10-3-2-4-15-6-10)13-11(9-18)5-12(14)7-16-13/h2-7,18H,8-9H2,1H3. The molecular formula is C13H14BrN3O. The van der Waals surface area contributed by atoms with Crippen LogP contribution in [0.5, 0.6) is 0 Å². The molecule has 0 unspecified atom stereocenters. The maximum atomic E-state index is 9.36. The van der Waals surface area contributed by atoms with Crippen LogP contribution < -0.4 is 4.90 Å². The molecule has 2 aromatic rings. The molecule has 0 aliphatic carbocycles. The molecule has 0 aliphatic rings. The summed E-state index contributed by atoms with van der Waals surface area (Å²) < 4.78 is 0.866. The second kappa shape index (κ2) is 5.93. The van der Waals surface area contributed by atoms with Crippen LogP contribution in [0.1, 0.15) is 11.1 Å². The largest absolute Gasteiger partial charge is 0.392 e. The normalized spacial score (nSPS) is 10.4. The molecule has 1 N–H and O–H groups in total. The first-order valence-electron chi connectivity index (χ1n) is 5.56. The van der Waals surface area contributed by atoms with E-state index < -0.39 is 0 Å². The van der Waals surface area contributed by atoms with Crippen LogP contribution in [0.15, 0.2) is 41.3 Å². The van der Waals surface area contributed by atoms with E-state index in [0.29, 0.717) is 6.54 Å². The maximum Gasteiger partial charge on any atom is 0.134 e. The Kier molecular flexibility index (Phi) is 4.28. The lowest BCUT2D eigenvalue weighted by atomic mass is 10.2. The molecule has 2 aromatic heterocycles. The molecule has 0 aliphatic heterocycles. The van der Waals surface area contributed by atoms with Crippen molar-refractivity contribution in [3.05, 3.63) is 52.4 Å². The molecule has 0 saturated carbocycles. The minimum Gasteiger partial charge on any atom is -0.392 e. The topological polar surface area (TPSA) is 49.2 Å². The van der Waals surface area contributed by atoms with Gasteiger partial charge < -0.3 is 10.0 Å². The molecule has 4 nitrogen and oxygen atoms in total. The Balaban J connectivity index is 2.21. The predicted molar refractivity (Wildman–Crippen MR) is 74.2 cm³/mol. The molecule has 2 heterocycles. The van der Waals surface area contributed by atoms with E-state index >= 15 is 0 Å². The summed E-state index contributed by atoms with van der Waals surface area (Å²) in [4.78, 5) is 10.4. The number of hydrogen-bond acceptors (Lipinski definition) is 4. The Morgan fingerprint density at radius 3 is 2.89 bits per heavy atom. The van der Waals surface area contributed by atoms with Crippen molar-refractivity contribution in [1.82, 2.24) is 9.97 Å². The smallest absolute Gasteiger partial charge is 0.134 e. The van der Waals surface area contributed by atoms with Gasteiger partial charge in [-0.2, -0.15) is 0 Å². The van der Waals surface area contributed by atoms with Gasteiger partial charge in [0.2, 0.25) is 0 Å². The molecule has 0 radical (unpaired) electrons. The van der Waals surface area contributed by atoms with Gasteiger partial charge in [0.1, 0.15) is 5.82 Å². The van der Waals surface area contributed by atoms with Gasteiger partial charge in [0.15, 0.2) is 0 Å². The number of rotatable bonds is 4. The van der Waals surface area contributed by atoms with Gasteiger partial charge in [0, 0.05) is 42.2 Å². The van der Waals surface area contributed by atoms with Crippen LogP contribution in [-0.2, 0) is 13.2 Å². The van der Waals surface area contributed by atoms with Crippen molar-refractivity contribution in [2.45, 2.75) is 13.2 Å². The van der Waals surface area contributed by atoms with Crippen molar-refractivity contribution >= 4 is 21.7 Å². The van der Waals surface area contributed by atoms with Crippen LogP contribution in [0.2, 0.25) is 0 Å². The molecular weight excluding hydrogens is 294 g/mol. The molecule has 18 heavy (non-hydrogen) atoms. The fraction of sp³-hybridized carbons (Fsp3) is 0.231. The minimum atomic E-state index is -0.0286. The van der Waals surface area contributed by atoms with Gasteiger partial charge in [-0.15, -0.1) is 0 Å². The molecule has 0 bridgehead atoms. The lowest BCUT2D eigenvalue weighted by Gasteiger charge is -2.20. The number of pyridine rings is 2. The number of aromatic nitrogens is 2. The first kappa shape index (κ1) is 13.0. The number of aliphatic hydroxyl groups excluding tert-OH is 1. The molecule has 0 fully saturated rings. The highest BCUT2D eigenvalue weighted by molar-refractivity contribution is 9.10. The van der Waals surface area contributed by atoms with E-state index in [2.05, 4.69) is 25.9 Å². The van der Waals surface area contributed by atoms with Crippen LogP contribution in [0.3, 0.4) is 0 Å². The van der Waals surface area contributed by atoms with Crippen LogP contribution >= 0.6 is 15.9 Å². The van der Waals surface area contributed by atoms with Gasteiger partial charge in [-0.1, -0.05) is 6.07 Å². The van der Waals surface area contributed by atoms with Crippen molar-refractivity contribution in [3.8, 4) is 0 Å². The molecule has 0 saturated heterocycles. The van der Waals surface area contributed by atoms with Crippen molar-refractivity contribution in [2.75, 3.05) is 11.9 Å². The highest BCUT2D eigenvalue weighted by Gasteiger charge is 2.09. The van der Waals surface area contributed by atoms with Crippen LogP contribution in [0, 0.1) is 0 Å². The SMILES string of the molecule is CN(Cc1cccnc1)c1ncc(Br)cc1CO. The summed E-state index contributed by atoms with van der Waals surface area (Å²) in [5, 5.41) is 9.36. The second-order valence-electron chi connectivity index (χ2n) is 4.01. The van der Waals surface area contributed by atoms with E-state index in [1.165, 1.54) is 0 Å². The Morgan fingerprint density at radius 1 is 1.39 bits per heavy atom. The molecule has 5 heteroatoms. The lowest BCUT2D eigenvalue weighted by molar-refractivity contribution is 0.281. The summed E-state index contributed by atoms with van der Waals surface area (Å²) in [6.07, 6.45) is 5.31. The summed E-state index contributed by atoms with van der Waals surface area (Å²) in [6, 6.07) is 5.80. The van der Waals surface area contributed by atoms with E-state index in [0.717, 1.165) is 21.4 Å². The molecule has 0 spiro atoms. The summed E-state index contributed by atoms with van der Waals surface area (Å²) in [6.45, 7) is 0.675. The van der Waals surface area contributed by atoms with Crippen molar-refractivity contribution < 1.29 is 5.11 Å². The molecule has 0 atom stereocenters. The van der Waals surface area contributed by atoms with Gasteiger partial charge in [-0.05, 0) is 33.6 Å². The predicted octanol–water partition coefficient (Wildman–Crippen LogP) is 2.37. The fourth-order valence-corrected chi connectivity index (χ4v) is 2.15.